The van der Waals surface area contributed by atoms with Gasteiger partial charge in [-0.05, 0) is 50.8 Å². The van der Waals surface area contributed by atoms with Crippen molar-refractivity contribution in [3.63, 3.8) is 0 Å². The first-order valence-electron chi connectivity index (χ1n) is 8.84. The molecular weight excluding hydrogens is 302 g/mol. The summed E-state index contributed by atoms with van der Waals surface area (Å²) in [7, 11) is 1.67. The second kappa shape index (κ2) is 7.71. The number of hydrogen-bond donors (Lipinski definition) is 1. The van der Waals surface area contributed by atoms with Crippen molar-refractivity contribution in [3.05, 3.63) is 41.2 Å². The van der Waals surface area contributed by atoms with Crippen LogP contribution in [-0.4, -0.2) is 23.5 Å². The number of rotatable bonds is 7. The third kappa shape index (κ3) is 3.41. The van der Waals surface area contributed by atoms with E-state index in [2.05, 4.69) is 34.2 Å². The average molecular weight is 329 g/mol. The van der Waals surface area contributed by atoms with Crippen LogP contribution < -0.4 is 14.8 Å². The molecule has 1 aliphatic carbocycles. The van der Waals surface area contributed by atoms with Crippen LogP contribution in [0.15, 0.2) is 24.4 Å². The van der Waals surface area contributed by atoms with Gasteiger partial charge in [0.1, 0.15) is 0 Å². The Morgan fingerprint density at radius 3 is 2.92 bits per heavy atom. The maximum atomic E-state index is 5.67. The monoisotopic (exact) mass is 329 g/mol. The number of ether oxygens (including phenoxy) is 2. The maximum absolute atomic E-state index is 5.67. The van der Waals surface area contributed by atoms with Crippen molar-refractivity contribution >= 4 is 0 Å². The molecule has 1 N–H and O–H groups in total. The number of aryl methyl sites for hydroxylation is 1. The summed E-state index contributed by atoms with van der Waals surface area (Å²) in [6, 6.07) is 6.51. The first kappa shape index (κ1) is 16.8. The molecule has 0 saturated heterocycles. The van der Waals surface area contributed by atoms with Crippen LogP contribution in [0.1, 0.15) is 49.6 Å². The third-order valence-corrected chi connectivity index (χ3v) is 4.64. The van der Waals surface area contributed by atoms with Gasteiger partial charge in [-0.15, -0.1) is 0 Å². The molecule has 1 heterocycles. The van der Waals surface area contributed by atoms with Gasteiger partial charge in [-0.25, -0.2) is 0 Å². The third-order valence-electron chi connectivity index (χ3n) is 4.64. The molecule has 3 rings (SSSR count). The minimum Gasteiger partial charge on any atom is -0.493 e. The Morgan fingerprint density at radius 2 is 2.17 bits per heavy atom. The normalized spacial score (nSPS) is 16.7. The van der Waals surface area contributed by atoms with Crippen LogP contribution in [0.2, 0.25) is 0 Å². The molecule has 5 heteroatoms. The number of benzene rings is 1. The zero-order chi connectivity index (χ0) is 16.9. The minimum atomic E-state index is 0.381. The highest BCUT2D eigenvalue weighted by Gasteiger charge is 2.23. The largest absolute Gasteiger partial charge is 0.493 e. The van der Waals surface area contributed by atoms with Crippen LogP contribution in [0, 0.1) is 0 Å². The molecule has 0 aliphatic heterocycles. The van der Waals surface area contributed by atoms with Crippen molar-refractivity contribution in [2.75, 3.05) is 13.7 Å². The Kier molecular flexibility index (Phi) is 5.41. The molecule has 1 aromatic heterocycles. The van der Waals surface area contributed by atoms with Crippen LogP contribution in [0.3, 0.4) is 0 Å². The SMILES string of the molecule is CCOc1cc(CN[C@H]2CCCc3c2cnn3CC)ccc1OC. The lowest BCUT2D eigenvalue weighted by Crippen LogP contribution is -2.25. The summed E-state index contributed by atoms with van der Waals surface area (Å²) in [6.45, 7) is 6.52. The van der Waals surface area contributed by atoms with Gasteiger partial charge in [-0.1, -0.05) is 6.07 Å². The van der Waals surface area contributed by atoms with Gasteiger partial charge in [0.15, 0.2) is 11.5 Å². The van der Waals surface area contributed by atoms with Crippen molar-refractivity contribution in [3.8, 4) is 11.5 Å². The van der Waals surface area contributed by atoms with E-state index in [1.54, 1.807) is 7.11 Å². The highest BCUT2D eigenvalue weighted by Crippen LogP contribution is 2.31. The Morgan fingerprint density at radius 1 is 1.29 bits per heavy atom. The van der Waals surface area contributed by atoms with E-state index in [1.807, 2.05) is 19.2 Å². The first-order chi connectivity index (χ1) is 11.8. The number of nitrogens with zero attached hydrogens (tertiary/aromatic N) is 2. The van der Waals surface area contributed by atoms with Crippen LogP contribution in [0.25, 0.3) is 0 Å². The van der Waals surface area contributed by atoms with Crippen molar-refractivity contribution in [2.45, 2.75) is 52.2 Å². The quantitative estimate of drug-likeness (QED) is 0.845. The molecule has 0 unspecified atom stereocenters. The van der Waals surface area contributed by atoms with E-state index in [-0.39, 0.29) is 0 Å². The molecule has 2 aromatic rings. The van der Waals surface area contributed by atoms with Crippen molar-refractivity contribution in [1.29, 1.82) is 0 Å². The molecule has 0 radical (unpaired) electrons. The molecular formula is C19H27N3O2. The molecule has 130 valence electrons. The van der Waals surface area contributed by atoms with Gasteiger partial charge in [-0.2, -0.15) is 5.10 Å². The second-order valence-electron chi connectivity index (χ2n) is 6.11. The van der Waals surface area contributed by atoms with Gasteiger partial charge >= 0.3 is 0 Å². The Hall–Kier alpha value is -2.01. The summed E-state index contributed by atoms with van der Waals surface area (Å²) >= 11 is 0. The van der Waals surface area contributed by atoms with Crippen molar-refractivity contribution in [2.24, 2.45) is 0 Å². The number of nitrogens with one attached hydrogen (secondary N) is 1. The van der Waals surface area contributed by atoms with Crippen LogP contribution in [0.5, 0.6) is 11.5 Å². The molecule has 0 saturated carbocycles. The maximum Gasteiger partial charge on any atom is 0.161 e. The molecule has 0 bridgehead atoms. The number of fused-ring (bicyclic) bond motifs is 1. The smallest absolute Gasteiger partial charge is 0.161 e. The molecule has 0 amide bonds. The molecule has 1 aromatic carbocycles. The summed E-state index contributed by atoms with van der Waals surface area (Å²) in [5, 5.41) is 8.21. The summed E-state index contributed by atoms with van der Waals surface area (Å²) in [5.74, 6) is 1.59. The van der Waals surface area contributed by atoms with Gasteiger partial charge in [0.25, 0.3) is 0 Å². The van der Waals surface area contributed by atoms with Gasteiger partial charge in [0.2, 0.25) is 0 Å². The van der Waals surface area contributed by atoms with E-state index in [0.717, 1.165) is 37.4 Å². The predicted octanol–water partition coefficient (Wildman–Crippen LogP) is 3.48. The summed E-state index contributed by atoms with van der Waals surface area (Å²) in [5.41, 5.74) is 3.96. The van der Waals surface area contributed by atoms with Crippen molar-refractivity contribution < 1.29 is 9.47 Å². The van der Waals surface area contributed by atoms with Gasteiger partial charge in [0, 0.05) is 30.4 Å². The van der Waals surface area contributed by atoms with E-state index >= 15 is 0 Å². The molecule has 24 heavy (non-hydrogen) atoms. The van der Waals surface area contributed by atoms with Crippen LogP contribution in [0.4, 0.5) is 0 Å². The van der Waals surface area contributed by atoms with Crippen LogP contribution >= 0.6 is 0 Å². The lowest BCUT2D eigenvalue weighted by molar-refractivity contribution is 0.310. The zero-order valence-corrected chi connectivity index (χ0v) is 14.8. The van der Waals surface area contributed by atoms with E-state index < -0.39 is 0 Å². The molecule has 1 atom stereocenters. The van der Waals surface area contributed by atoms with E-state index in [9.17, 15) is 0 Å². The first-order valence-corrected chi connectivity index (χ1v) is 8.84. The van der Waals surface area contributed by atoms with Crippen molar-refractivity contribution in [1.82, 2.24) is 15.1 Å². The molecule has 0 fully saturated rings. The topological polar surface area (TPSA) is 48.3 Å². The minimum absolute atomic E-state index is 0.381. The lowest BCUT2D eigenvalue weighted by atomic mass is 9.93. The fourth-order valence-corrected chi connectivity index (χ4v) is 3.44. The highest BCUT2D eigenvalue weighted by atomic mass is 16.5. The summed E-state index contributed by atoms with van der Waals surface area (Å²) in [6.07, 6.45) is 5.55. The highest BCUT2D eigenvalue weighted by molar-refractivity contribution is 5.43. The summed E-state index contributed by atoms with van der Waals surface area (Å²) < 4.78 is 13.1. The van der Waals surface area contributed by atoms with E-state index in [0.29, 0.717) is 12.6 Å². The van der Waals surface area contributed by atoms with Gasteiger partial charge in [-0.3, -0.25) is 4.68 Å². The predicted molar refractivity (Wildman–Crippen MR) is 94.6 cm³/mol. The lowest BCUT2D eigenvalue weighted by Gasteiger charge is -2.24. The Balaban J connectivity index is 1.70. The molecule has 1 aliphatic rings. The Labute approximate surface area is 144 Å². The number of methoxy groups -OCH3 is 1. The van der Waals surface area contributed by atoms with Crippen LogP contribution in [-0.2, 0) is 19.5 Å². The standard InChI is InChI=1S/C19H27N3O2/c1-4-22-17-8-6-7-16(15(17)13-21-22)20-12-14-9-10-18(23-3)19(11-14)24-5-2/h9-11,13,16,20H,4-8,12H2,1-3H3/t16-/m0/s1. The van der Waals surface area contributed by atoms with Gasteiger partial charge < -0.3 is 14.8 Å². The Bertz CT molecular complexity index is 681. The zero-order valence-electron chi connectivity index (χ0n) is 14.8. The van der Waals surface area contributed by atoms with E-state index in [4.69, 9.17) is 9.47 Å². The molecule has 0 spiro atoms. The second-order valence-corrected chi connectivity index (χ2v) is 6.11. The number of hydrogen-bond acceptors (Lipinski definition) is 4. The summed E-state index contributed by atoms with van der Waals surface area (Å²) in [4.78, 5) is 0. The van der Waals surface area contributed by atoms with E-state index in [1.165, 1.54) is 23.2 Å². The number of aromatic nitrogens is 2. The fraction of sp³-hybridized carbons (Fsp3) is 0.526. The fourth-order valence-electron chi connectivity index (χ4n) is 3.44. The molecule has 5 nitrogen and oxygen atoms in total. The average Bonchev–Trinajstić information content (AvgIpc) is 3.04. The van der Waals surface area contributed by atoms with Gasteiger partial charge in [0.05, 0.1) is 19.9 Å².